The number of nitrogens with two attached hydrogens (primary N) is 1. The summed E-state index contributed by atoms with van der Waals surface area (Å²) in [7, 11) is 0. The minimum atomic E-state index is -0.0712. The van der Waals surface area contributed by atoms with Gasteiger partial charge in [-0.15, -0.1) is 11.3 Å². The molecule has 0 aliphatic carbocycles. The lowest BCUT2D eigenvalue weighted by molar-refractivity contribution is 0.0991. The van der Waals surface area contributed by atoms with E-state index >= 15 is 0 Å². The first-order valence-corrected chi connectivity index (χ1v) is 7.38. The largest absolute Gasteiger partial charge is 0.393 e. The minimum absolute atomic E-state index is 0.0712. The Hall–Kier alpha value is -1.79. The van der Waals surface area contributed by atoms with Crippen LogP contribution in [-0.2, 0) is 0 Å². The van der Waals surface area contributed by atoms with Crippen LogP contribution in [0, 0.1) is 6.92 Å². The van der Waals surface area contributed by atoms with Crippen molar-refractivity contribution in [3.05, 3.63) is 46.4 Å². The maximum absolute atomic E-state index is 12.6. The molecule has 6 heteroatoms. The predicted molar refractivity (Wildman–Crippen MR) is 86.4 cm³/mol. The second kappa shape index (κ2) is 6.58. The summed E-state index contributed by atoms with van der Waals surface area (Å²) in [5, 5.41) is 0.871. The molecule has 0 fully saturated rings. The zero-order valence-electron chi connectivity index (χ0n) is 11.1. The molecule has 2 N–H and O–H groups in total. The molecule has 0 spiro atoms. The molecular weight excluding hydrogens is 290 g/mol. The Labute approximate surface area is 127 Å². The zero-order valence-corrected chi connectivity index (χ0v) is 12.7. The third-order valence-corrected chi connectivity index (χ3v) is 3.83. The summed E-state index contributed by atoms with van der Waals surface area (Å²) < 4.78 is 0. The lowest BCUT2D eigenvalue weighted by atomic mass is 10.2. The van der Waals surface area contributed by atoms with Crippen LogP contribution in [0.15, 0.2) is 36.5 Å². The maximum Gasteiger partial charge on any atom is 0.269 e. The number of carbonyl (C=O) groups is 1. The molecule has 0 radical (unpaired) electrons. The van der Waals surface area contributed by atoms with Crippen molar-refractivity contribution in [3.63, 3.8) is 0 Å². The molecule has 1 aromatic heterocycles. The molecule has 4 nitrogen and oxygen atoms in total. The lowest BCUT2D eigenvalue weighted by Crippen LogP contribution is -2.33. The summed E-state index contributed by atoms with van der Waals surface area (Å²) in [6.07, 6.45) is 2.10. The van der Waals surface area contributed by atoms with Crippen LogP contribution in [-0.4, -0.2) is 22.4 Å². The maximum atomic E-state index is 12.6. The minimum Gasteiger partial charge on any atom is -0.393 e. The van der Waals surface area contributed by atoms with Gasteiger partial charge < -0.3 is 10.6 Å². The number of aromatic nitrogens is 1. The Morgan fingerprint density at radius 3 is 2.65 bits per heavy atom. The standard InChI is InChI=1S/C14H15N3OS2/c1-10-16-9-12(20-10)14(18)17(8-7-13(15)19)11-5-3-2-4-6-11/h2-6,9H,7-8H2,1H3,(H2,15,19). The zero-order chi connectivity index (χ0) is 14.5. The van der Waals surface area contributed by atoms with Crippen LogP contribution < -0.4 is 10.6 Å². The molecule has 0 saturated heterocycles. The van der Waals surface area contributed by atoms with E-state index in [1.807, 2.05) is 37.3 Å². The van der Waals surface area contributed by atoms with Gasteiger partial charge in [0.15, 0.2) is 0 Å². The molecule has 1 amide bonds. The van der Waals surface area contributed by atoms with Crippen molar-refractivity contribution >= 4 is 40.1 Å². The van der Waals surface area contributed by atoms with Gasteiger partial charge in [-0.2, -0.15) is 0 Å². The Balaban J connectivity index is 2.26. The van der Waals surface area contributed by atoms with E-state index in [2.05, 4.69) is 4.98 Å². The second-order valence-corrected chi connectivity index (χ2v) is 6.01. The number of thiazole rings is 1. The number of thiocarbonyl (C=S) groups is 1. The highest BCUT2D eigenvalue weighted by molar-refractivity contribution is 7.80. The highest BCUT2D eigenvalue weighted by Crippen LogP contribution is 2.20. The van der Waals surface area contributed by atoms with Crippen LogP contribution >= 0.6 is 23.6 Å². The number of amides is 1. The number of rotatable bonds is 5. The van der Waals surface area contributed by atoms with Crippen molar-refractivity contribution in [1.82, 2.24) is 4.98 Å². The number of nitrogens with zero attached hydrogens (tertiary/aromatic N) is 2. The average Bonchev–Trinajstić information content (AvgIpc) is 2.86. The Morgan fingerprint density at radius 2 is 2.10 bits per heavy atom. The van der Waals surface area contributed by atoms with Gasteiger partial charge >= 0.3 is 0 Å². The monoisotopic (exact) mass is 305 g/mol. The topological polar surface area (TPSA) is 59.2 Å². The molecule has 20 heavy (non-hydrogen) atoms. The van der Waals surface area contributed by atoms with Crippen molar-refractivity contribution in [2.45, 2.75) is 13.3 Å². The third kappa shape index (κ3) is 3.61. The Kier molecular flexibility index (Phi) is 4.81. The van der Waals surface area contributed by atoms with Crippen LogP contribution in [0.2, 0.25) is 0 Å². The van der Waals surface area contributed by atoms with Crippen molar-refractivity contribution in [2.24, 2.45) is 5.73 Å². The molecule has 0 atom stereocenters. The van der Waals surface area contributed by atoms with E-state index < -0.39 is 0 Å². The fourth-order valence-corrected chi connectivity index (χ4v) is 2.59. The quantitative estimate of drug-likeness (QED) is 0.863. The van der Waals surface area contributed by atoms with Crippen molar-refractivity contribution in [1.29, 1.82) is 0 Å². The van der Waals surface area contributed by atoms with Crippen LogP contribution in [0.3, 0.4) is 0 Å². The first-order chi connectivity index (χ1) is 9.58. The van der Waals surface area contributed by atoms with Gasteiger partial charge in [0.25, 0.3) is 5.91 Å². The summed E-state index contributed by atoms with van der Waals surface area (Å²) in [5.74, 6) is -0.0712. The third-order valence-electron chi connectivity index (χ3n) is 2.73. The van der Waals surface area contributed by atoms with Gasteiger partial charge in [0.05, 0.1) is 16.2 Å². The van der Waals surface area contributed by atoms with Crippen molar-refractivity contribution < 1.29 is 4.79 Å². The number of hydrogen-bond donors (Lipinski definition) is 1. The van der Waals surface area contributed by atoms with Gasteiger partial charge in [-0.05, 0) is 19.1 Å². The van der Waals surface area contributed by atoms with Gasteiger partial charge in [-0.1, -0.05) is 30.4 Å². The van der Waals surface area contributed by atoms with Crippen molar-refractivity contribution in [2.75, 3.05) is 11.4 Å². The molecule has 0 bridgehead atoms. The predicted octanol–water partition coefficient (Wildman–Crippen LogP) is 2.77. The van der Waals surface area contributed by atoms with E-state index in [0.717, 1.165) is 10.7 Å². The number of anilines is 1. The number of para-hydroxylation sites is 1. The molecule has 0 saturated carbocycles. The number of carbonyl (C=O) groups excluding carboxylic acids is 1. The van der Waals surface area contributed by atoms with Gasteiger partial charge in [0, 0.05) is 18.7 Å². The van der Waals surface area contributed by atoms with Crippen LogP contribution in [0.1, 0.15) is 21.1 Å². The molecule has 0 aliphatic rings. The van der Waals surface area contributed by atoms with Gasteiger partial charge in [-0.3, -0.25) is 4.79 Å². The SMILES string of the molecule is Cc1ncc(C(=O)N(CCC(N)=S)c2ccccc2)s1. The molecule has 1 aromatic carbocycles. The molecule has 2 aromatic rings. The Bertz CT molecular complexity index is 610. The van der Waals surface area contributed by atoms with E-state index in [4.69, 9.17) is 18.0 Å². The molecule has 1 heterocycles. The van der Waals surface area contributed by atoms with Gasteiger partial charge in [0.1, 0.15) is 4.88 Å². The van der Waals surface area contributed by atoms with Crippen molar-refractivity contribution in [3.8, 4) is 0 Å². The van der Waals surface area contributed by atoms with Crippen LogP contribution in [0.5, 0.6) is 0 Å². The summed E-state index contributed by atoms with van der Waals surface area (Å²) in [4.78, 5) is 19.4. The molecule has 0 unspecified atom stereocenters. The first-order valence-electron chi connectivity index (χ1n) is 6.15. The normalized spacial score (nSPS) is 10.2. The summed E-state index contributed by atoms with van der Waals surface area (Å²) in [5.41, 5.74) is 6.38. The van der Waals surface area contributed by atoms with E-state index in [9.17, 15) is 4.79 Å². The number of aryl methyl sites for hydroxylation is 1. The van der Waals surface area contributed by atoms with Gasteiger partial charge in [-0.25, -0.2) is 4.98 Å². The fourth-order valence-electron chi connectivity index (χ4n) is 1.77. The molecule has 2 rings (SSSR count). The van der Waals surface area contributed by atoms with Gasteiger partial charge in [0.2, 0.25) is 0 Å². The Morgan fingerprint density at radius 1 is 1.40 bits per heavy atom. The smallest absolute Gasteiger partial charge is 0.269 e. The molecular formula is C14H15N3OS2. The highest BCUT2D eigenvalue weighted by atomic mass is 32.1. The second-order valence-electron chi connectivity index (χ2n) is 4.25. The average molecular weight is 305 g/mol. The molecule has 0 aliphatic heterocycles. The fraction of sp³-hybridized carbons (Fsp3) is 0.214. The summed E-state index contributed by atoms with van der Waals surface area (Å²) >= 11 is 6.29. The number of hydrogen-bond acceptors (Lipinski definition) is 4. The lowest BCUT2D eigenvalue weighted by Gasteiger charge is -2.21. The van der Waals surface area contributed by atoms with E-state index in [0.29, 0.717) is 22.8 Å². The summed E-state index contributed by atoms with van der Waals surface area (Å²) in [6, 6.07) is 9.50. The van der Waals surface area contributed by atoms with Crippen LogP contribution in [0.4, 0.5) is 5.69 Å². The molecule has 104 valence electrons. The van der Waals surface area contributed by atoms with E-state index in [-0.39, 0.29) is 5.91 Å². The van der Waals surface area contributed by atoms with E-state index in [1.165, 1.54) is 11.3 Å². The number of benzene rings is 1. The van der Waals surface area contributed by atoms with Crippen LogP contribution in [0.25, 0.3) is 0 Å². The summed E-state index contributed by atoms with van der Waals surface area (Å²) in [6.45, 7) is 2.35. The van der Waals surface area contributed by atoms with E-state index in [1.54, 1.807) is 11.1 Å². The highest BCUT2D eigenvalue weighted by Gasteiger charge is 2.19. The first kappa shape index (κ1) is 14.6.